The van der Waals surface area contributed by atoms with Crippen molar-refractivity contribution >= 4 is 35.0 Å². The summed E-state index contributed by atoms with van der Waals surface area (Å²) in [5.41, 5.74) is 0.686. The van der Waals surface area contributed by atoms with Crippen molar-refractivity contribution in [3.8, 4) is 11.5 Å². The SMILES string of the molecule is CC[C@H](C)OC(=O)CN1C(=O)S/C(=C\c2ccc(O[C@@H](C)CC)c(OC)c2)C1=O. The Morgan fingerprint density at radius 1 is 1.14 bits per heavy atom. The van der Waals surface area contributed by atoms with Gasteiger partial charge in [0.25, 0.3) is 11.1 Å². The molecule has 1 aliphatic heterocycles. The number of benzene rings is 1. The molecule has 0 spiro atoms. The molecule has 0 aromatic heterocycles. The van der Waals surface area contributed by atoms with Gasteiger partial charge in [0, 0.05) is 0 Å². The Hall–Kier alpha value is -2.48. The zero-order chi connectivity index (χ0) is 21.6. The van der Waals surface area contributed by atoms with E-state index in [4.69, 9.17) is 14.2 Å². The highest BCUT2D eigenvalue weighted by Gasteiger charge is 2.36. The molecule has 0 bridgehead atoms. The van der Waals surface area contributed by atoms with Gasteiger partial charge in [0.15, 0.2) is 11.5 Å². The first kappa shape index (κ1) is 22.8. The number of carbonyl (C=O) groups excluding carboxylic acids is 3. The lowest BCUT2D eigenvalue weighted by atomic mass is 10.1. The van der Waals surface area contributed by atoms with Gasteiger partial charge in [-0.2, -0.15) is 0 Å². The normalized spacial score (nSPS) is 17.4. The van der Waals surface area contributed by atoms with Crippen LogP contribution in [0.3, 0.4) is 0 Å². The molecule has 0 aliphatic carbocycles. The molecule has 0 unspecified atom stereocenters. The third-order valence-corrected chi connectivity index (χ3v) is 5.36. The average molecular weight is 422 g/mol. The van der Waals surface area contributed by atoms with E-state index in [9.17, 15) is 14.4 Å². The molecule has 2 atom stereocenters. The molecule has 1 aromatic rings. The van der Waals surface area contributed by atoms with Crippen molar-refractivity contribution < 1.29 is 28.6 Å². The predicted octanol–water partition coefficient (Wildman–Crippen LogP) is 4.25. The number of nitrogens with zero attached hydrogens (tertiary/aromatic N) is 1. The lowest BCUT2D eigenvalue weighted by Crippen LogP contribution is -2.35. The third kappa shape index (κ3) is 6.00. The standard InChI is InChI=1S/C21H27NO6S/c1-6-13(3)27-16-9-8-15(10-17(16)26-5)11-18-20(24)22(21(25)29-18)12-19(23)28-14(4)7-2/h8-11,13-14H,6-7,12H2,1-5H3/b18-11-/t13-,14-/m0/s1. The molecule has 1 fully saturated rings. The summed E-state index contributed by atoms with van der Waals surface area (Å²) in [5.74, 6) is 0.0337. The molecule has 7 nitrogen and oxygen atoms in total. The largest absolute Gasteiger partial charge is 0.493 e. The van der Waals surface area contributed by atoms with Gasteiger partial charge in [-0.15, -0.1) is 0 Å². The summed E-state index contributed by atoms with van der Waals surface area (Å²) >= 11 is 0.794. The Bertz CT molecular complexity index is 806. The summed E-state index contributed by atoms with van der Waals surface area (Å²) in [6, 6.07) is 5.29. The first-order valence-corrected chi connectivity index (χ1v) is 10.4. The molecule has 8 heteroatoms. The van der Waals surface area contributed by atoms with Gasteiger partial charge in [-0.05, 0) is 62.2 Å². The van der Waals surface area contributed by atoms with E-state index in [0.29, 0.717) is 23.5 Å². The number of ether oxygens (including phenoxy) is 3. The Kier molecular flexibility index (Phi) is 8.13. The molecular weight excluding hydrogens is 394 g/mol. The quantitative estimate of drug-likeness (QED) is 0.435. The fourth-order valence-corrected chi connectivity index (χ4v) is 3.27. The highest BCUT2D eigenvalue weighted by molar-refractivity contribution is 8.18. The van der Waals surface area contributed by atoms with Crippen molar-refractivity contribution in [1.82, 2.24) is 4.90 Å². The van der Waals surface area contributed by atoms with Crippen LogP contribution in [0.25, 0.3) is 6.08 Å². The zero-order valence-electron chi connectivity index (χ0n) is 17.4. The van der Waals surface area contributed by atoms with E-state index in [0.717, 1.165) is 23.1 Å². The number of methoxy groups -OCH3 is 1. The zero-order valence-corrected chi connectivity index (χ0v) is 18.2. The van der Waals surface area contributed by atoms with Crippen LogP contribution in [-0.4, -0.2) is 47.9 Å². The lowest BCUT2D eigenvalue weighted by Gasteiger charge is -2.16. The second-order valence-corrected chi connectivity index (χ2v) is 7.72. The first-order chi connectivity index (χ1) is 13.8. The second kappa shape index (κ2) is 10.3. The van der Waals surface area contributed by atoms with Crippen molar-refractivity contribution in [3.05, 3.63) is 28.7 Å². The number of hydrogen-bond acceptors (Lipinski definition) is 7. The minimum Gasteiger partial charge on any atom is -0.493 e. The van der Waals surface area contributed by atoms with Crippen LogP contribution in [-0.2, 0) is 14.3 Å². The molecule has 2 amide bonds. The summed E-state index contributed by atoms with van der Waals surface area (Å²) in [7, 11) is 1.54. The Morgan fingerprint density at radius 2 is 1.83 bits per heavy atom. The molecule has 1 aromatic carbocycles. The van der Waals surface area contributed by atoms with Crippen molar-refractivity contribution in [2.45, 2.75) is 52.7 Å². The van der Waals surface area contributed by atoms with E-state index in [2.05, 4.69) is 0 Å². The minimum absolute atomic E-state index is 0.0430. The van der Waals surface area contributed by atoms with E-state index in [1.165, 1.54) is 0 Å². The van der Waals surface area contributed by atoms with Gasteiger partial charge in [0.1, 0.15) is 6.54 Å². The average Bonchev–Trinajstić information content (AvgIpc) is 2.95. The molecule has 1 heterocycles. The van der Waals surface area contributed by atoms with Crippen LogP contribution in [0.15, 0.2) is 23.1 Å². The van der Waals surface area contributed by atoms with E-state index < -0.39 is 23.7 Å². The summed E-state index contributed by atoms with van der Waals surface area (Å²) in [5, 5.41) is -0.494. The molecular formula is C21H27NO6S. The molecule has 158 valence electrons. The summed E-state index contributed by atoms with van der Waals surface area (Å²) in [6.07, 6.45) is 2.90. The molecule has 1 saturated heterocycles. The molecule has 29 heavy (non-hydrogen) atoms. The van der Waals surface area contributed by atoms with Crippen LogP contribution in [0.4, 0.5) is 4.79 Å². The Labute approximate surface area is 175 Å². The summed E-state index contributed by atoms with van der Waals surface area (Å²) in [4.78, 5) is 37.8. The maximum Gasteiger partial charge on any atom is 0.326 e. The molecule has 0 radical (unpaired) electrons. The van der Waals surface area contributed by atoms with Gasteiger partial charge in [-0.3, -0.25) is 19.3 Å². The van der Waals surface area contributed by atoms with Gasteiger partial charge in [0.2, 0.25) is 0 Å². The van der Waals surface area contributed by atoms with E-state index in [1.807, 2.05) is 20.8 Å². The van der Waals surface area contributed by atoms with Crippen molar-refractivity contribution in [2.75, 3.05) is 13.7 Å². The van der Waals surface area contributed by atoms with Crippen molar-refractivity contribution in [2.24, 2.45) is 0 Å². The van der Waals surface area contributed by atoms with Gasteiger partial charge in [-0.1, -0.05) is 19.9 Å². The lowest BCUT2D eigenvalue weighted by molar-refractivity contribution is -0.150. The smallest absolute Gasteiger partial charge is 0.326 e. The highest BCUT2D eigenvalue weighted by atomic mass is 32.2. The van der Waals surface area contributed by atoms with E-state index in [-0.39, 0.29) is 17.1 Å². The van der Waals surface area contributed by atoms with Gasteiger partial charge in [-0.25, -0.2) is 0 Å². The van der Waals surface area contributed by atoms with Gasteiger partial charge in [0.05, 0.1) is 24.2 Å². The fraction of sp³-hybridized carbons (Fsp3) is 0.476. The fourth-order valence-electron chi connectivity index (χ4n) is 2.43. The van der Waals surface area contributed by atoms with Crippen LogP contribution in [0, 0.1) is 0 Å². The number of rotatable bonds is 9. The van der Waals surface area contributed by atoms with Crippen LogP contribution < -0.4 is 9.47 Å². The third-order valence-electron chi connectivity index (χ3n) is 4.46. The van der Waals surface area contributed by atoms with Crippen LogP contribution in [0.5, 0.6) is 11.5 Å². The number of amides is 2. The monoisotopic (exact) mass is 421 g/mol. The van der Waals surface area contributed by atoms with Crippen LogP contribution >= 0.6 is 11.8 Å². The topological polar surface area (TPSA) is 82.1 Å². The van der Waals surface area contributed by atoms with Crippen LogP contribution in [0.2, 0.25) is 0 Å². The Balaban J connectivity index is 2.15. The predicted molar refractivity (Wildman–Crippen MR) is 112 cm³/mol. The number of esters is 1. The van der Waals surface area contributed by atoms with Gasteiger partial charge >= 0.3 is 5.97 Å². The van der Waals surface area contributed by atoms with Crippen molar-refractivity contribution in [3.63, 3.8) is 0 Å². The summed E-state index contributed by atoms with van der Waals surface area (Å²) in [6.45, 7) is 7.25. The Morgan fingerprint density at radius 3 is 2.45 bits per heavy atom. The number of thioether (sulfide) groups is 1. The number of imide groups is 1. The molecule has 1 aliphatic rings. The maximum atomic E-state index is 12.6. The molecule has 0 saturated carbocycles. The number of hydrogen-bond donors (Lipinski definition) is 0. The van der Waals surface area contributed by atoms with Gasteiger partial charge < -0.3 is 14.2 Å². The maximum absolute atomic E-state index is 12.6. The van der Waals surface area contributed by atoms with Crippen LogP contribution in [0.1, 0.15) is 46.1 Å². The van der Waals surface area contributed by atoms with E-state index >= 15 is 0 Å². The molecule has 0 N–H and O–H groups in total. The number of carbonyl (C=O) groups is 3. The first-order valence-electron chi connectivity index (χ1n) is 9.58. The molecule has 2 rings (SSSR count). The summed E-state index contributed by atoms with van der Waals surface area (Å²) < 4.78 is 16.4. The van der Waals surface area contributed by atoms with E-state index in [1.54, 1.807) is 38.3 Å². The highest BCUT2D eigenvalue weighted by Crippen LogP contribution is 2.35. The van der Waals surface area contributed by atoms with Crippen molar-refractivity contribution in [1.29, 1.82) is 0 Å². The minimum atomic E-state index is -0.601. The second-order valence-electron chi connectivity index (χ2n) is 6.72.